The molecule has 0 saturated carbocycles. The summed E-state index contributed by atoms with van der Waals surface area (Å²) >= 11 is 0. The minimum Gasteiger partial charge on any atom is -0.481 e. The van der Waals surface area contributed by atoms with Gasteiger partial charge in [0.1, 0.15) is 6.07 Å². The molecule has 1 aromatic carbocycles. The molecule has 106 valence electrons. The smallest absolute Gasteiger partial charge is 0.310 e. The van der Waals surface area contributed by atoms with Crippen LogP contribution in [0, 0.1) is 31.1 Å². The van der Waals surface area contributed by atoms with E-state index in [-0.39, 0.29) is 5.92 Å². The van der Waals surface area contributed by atoms with E-state index in [1.807, 2.05) is 24.8 Å². The van der Waals surface area contributed by atoms with Crippen molar-refractivity contribution in [2.24, 2.45) is 5.92 Å². The lowest BCUT2D eigenvalue weighted by Gasteiger charge is -2.39. The summed E-state index contributed by atoms with van der Waals surface area (Å²) in [6, 6.07) is 6.24. The summed E-state index contributed by atoms with van der Waals surface area (Å²) in [6.45, 7) is 4.88. The number of nitriles is 1. The zero-order valence-corrected chi connectivity index (χ0v) is 11.9. The molecular weight excluding hydrogens is 266 g/mol. The van der Waals surface area contributed by atoms with Crippen molar-refractivity contribution in [3.63, 3.8) is 0 Å². The van der Waals surface area contributed by atoms with Gasteiger partial charge in [0.15, 0.2) is 0 Å². The van der Waals surface area contributed by atoms with Gasteiger partial charge >= 0.3 is 5.97 Å². The molecule has 0 spiro atoms. The van der Waals surface area contributed by atoms with Crippen molar-refractivity contribution < 1.29 is 9.90 Å². The molecule has 3 rings (SSSR count). The van der Waals surface area contributed by atoms with Crippen LogP contribution in [0.25, 0.3) is 10.9 Å². The molecule has 21 heavy (non-hydrogen) atoms. The van der Waals surface area contributed by atoms with Crippen molar-refractivity contribution in [3.05, 3.63) is 35.0 Å². The predicted octanol–water partition coefficient (Wildman–Crippen LogP) is 2.24. The van der Waals surface area contributed by atoms with Crippen LogP contribution in [0.5, 0.6) is 0 Å². The van der Waals surface area contributed by atoms with Crippen molar-refractivity contribution >= 4 is 22.6 Å². The highest BCUT2D eigenvalue weighted by Gasteiger charge is 2.34. The van der Waals surface area contributed by atoms with E-state index in [4.69, 9.17) is 5.11 Å². The molecule has 0 aliphatic carbocycles. The van der Waals surface area contributed by atoms with E-state index in [1.165, 1.54) is 0 Å². The highest BCUT2D eigenvalue weighted by Crippen LogP contribution is 2.35. The fourth-order valence-corrected chi connectivity index (χ4v) is 2.89. The lowest BCUT2D eigenvalue weighted by atomic mass is 9.95. The predicted molar refractivity (Wildman–Crippen MR) is 79.3 cm³/mol. The van der Waals surface area contributed by atoms with Gasteiger partial charge in [-0.05, 0) is 25.5 Å². The van der Waals surface area contributed by atoms with Crippen LogP contribution in [-0.2, 0) is 4.79 Å². The van der Waals surface area contributed by atoms with Gasteiger partial charge in [-0.25, -0.2) is 0 Å². The van der Waals surface area contributed by atoms with Gasteiger partial charge in [-0.3, -0.25) is 9.78 Å². The molecule has 1 fully saturated rings. The van der Waals surface area contributed by atoms with Gasteiger partial charge in [-0.1, -0.05) is 11.6 Å². The number of hydrogen-bond acceptors (Lipinski definition) is 4. The van der Waals surface area contributed by atoms with Crippen molar-refractivity contribution in [2.75, 3.05) is 18.0 Å². The molecule has 2 aromatic rings. The Kier molecular flexibility index (Phi) is 3.02. The summed E-state index contributed by atoms with van der Waals surface area (Å²) in [5, 5.41) is 19.3. The molecule has 1 N–H and O–H groups in total. The largest absolute Gasteiger partial charge is 0.481 e. The van der Waals surface area contributed by atoms with Gasteiger partial charge in [-0.15, -0.1) is 0 Å². The Labute approximate surface area is 122 Å². The number of pyridine rings is 1. The Hall–Kier alpha value is -2.61. The number of hydrogen-bond donors (Lipinski definition) is 1. The molecule has 0 radical (unpaired) electrons. The number of aliphatic carboxylic acids is 1. The molecule has 1 aliphatic heterocycles. The minimum atomic E-state index is -0.782. The number of aromatic nitrogens is 1. The maximum Gasteiger partial charge on any atom is 0.310 e. The number of aryl methyl sites for hydroxylation is 2. The number of carbonyl (C=O) groups is 1. The lowest BCUT2D eigenvalue weighted by Crippen LogP contribution is -2.50. The maximum absolute atomic E-state index is 11.0. The fourth-order valence-electron chi connectivity index (χ4n) is 2.89. The van der Waals surface area contributed by atoms with E-state index in [2.05, 4.69) is 17.1 Å². The Balaban J connectivity index is 2.16. The monoisotopic (exact) mass is 281 g/mol. The van der Waals surface area contributed by atoms with E-state index in [0.717, 1.165) is 27.7 Å². The molecule has 0 amide bonds. The van der Waals surface area contributed by atoms with Crippen LogP contribution in [0.1, 0.15) is 16.7 Å². The molecule has 5 heteroatoms. The van der Waals surface area contributed by atoms with Gasteiger partial charge in [-0.2, -0.15) is 5.26 Å². The average molecular weight is 281 g/mol. The number of carboxylic acid groups (broad SMARTS) is 1. The Morgan fingerprint density at radius 1 is 1.43 bits per heavy atom. The van der Waals surface area contributed by atoms with Gasteiger partial charge in [0.2, 0.25) is 0 Å². The molecular formula is C16H15N3O2. The normalized spacial score (nSPS) is 14.8. The summed E-state index contributed by atoms with van der Waals surface area (Å²) < 4.78 is 0. The average Bonchev–Trinajstić information content (AvgIpc) is 2.36. The first-order valence-electron chi connectivity index (χ1n) is 6.79. The van der Waals surface area contributed by atoms with Crippen LogP contribution in [0.4, 0.5) is 5.69 Å². The van der Waals surface area contributed by atoms with Crippen LogP contribution < -0.4 is 4.90 Å². The second kappa shape index (κ2) is 4.74. The topological polar surface area (TPSA) is 77.2 Å². The van der Waals surface area contributed by atoms with Gasteiger partial charge in [0.25, 0.3) is 0 Å². The number of benzene rings is 1. The molecule has 0 unspecified atom stereocenters. The van der Waals surface area contributed by atoms with E-state index in [1.54, 1.807) is 6.20 Å². The van der Waals surface area contributed by atoms with Gasteiger partial charge in [0, 0.05) is 24.7 Å². The van der Waals surface area contributed by atoms with Crippen LogP contribution in [-0.4, -0.2) is 29.1 Å². The lowest BCUT2D eigenvalue weighted by molar-refractivity contribution is -0.142. The van der Waals surface area contributed by atoms with Crippen LogP contribution in [0.15, 0.2) is 18.3 Å². The van der Waals surface area contributed by atoms with Crippen molar-refractivity contribution in [2.45, 2.75) is 13.8 Å². The molecule has 0 atom stereocenters. The van der Waals surface area contributed by atoms with E-state index >= 15 is 0 Å². The Bertz CT molecular complexity index is 786. The summed E-state index contributed by atoms with van der Waals surface area (Å²) in [4.78, 5) is 17.3. The maximum atomic E-state index is 11.0. The van der Waals surface area contributed by atoms with Crippen molar-refractivity contribution in [1.82, 2.24) is 4.98 Å². The molecule has 1 saturated heterocycles. The quantitative estimate of drug-likeness (QED) is 0.913. The third-order valence-electron chi connectivity index (χ3n) is 3.95. The highest BCUT2D eigenvalue weighted by atomic mass is 16.4. The van der Waals surface area contributed by atoms with Gasteiger partial charge in [0.05, 0.1) is 22.7 Å². The SMILES string of the molecule is Cc1cc(C)c2ncc(C#N)c(N3CC(C(=O)O)C3)c2c1. The Morgan fingerprint density at radius 2 is 2.14 bits per heavy atom. The first-order valence-corrected chi connectivity index (χ1v) is 6.79. The second-order valence-electron chi connectivity index (χ2n) is 5.55. The summed E-state index contributed by atoms with van der Waals surface area (Å²) in [5.74, 6) is -1.14. The molecule has 1 aliphatic rings. The van der Waals surface area contributed by atoms with Crippen LogP contribution in [0.2, 0.25) is 0 Å². The standard InChI is InChI=1S/C16H15N3O2/c1-9-3-10(2)14-13(4-9)15(11(5-17)6-18-14)19-7-12(8-19)16(20)21/h3-4,6,12H,7-8H2,1-2H3,(H,20,21). The van der Waals surface area contributed by atoms with E-state index in [9.17, 15) is 10.1 Å². The van der Waals surface area contributed by atoms with Crippen molar-refractivity contribution in [1.29, 1.82) is 5.26 Å². The molecule has 1 aromatic heterocycles. The summed E-state index contributed by atoms with van der Waals surface area (Å²) in [6.07, 6.45) is 1.58. The third-order valence-corrected chi connectivity index (χ3v) is 3.95. The van der Waals surface area contributed by atoms with Gasteiger partial charge < -0.3 is 10.0 Å². The third kappa shape index (κ3) is 2.09. The zero-order chi connectivity index (χ0) is 15.1. The van der Waals surface area contributed by atoms with Crippen LogP contribution in [0.3, 0.4) is 0 Å². The number of anilines is 1. The van der Waals surface area contributed by atoms with E-state index in [0.29, 0.717) is 18.7 Å². The number of rotatable bonds is 2. The molecule has 2 heterocycles. The first-order chi connectivity index (χ1) is 10.0. The molecule has 0 bridgehead atoms. The number of nitrogens with zero attached hydrogens (tertiary/aromatic N) is 3. The van der Waals surface area contributed by atoms with Crippen molar-refractivity contribution in [3.8, 4) is 6.07 Å². The zero-order valence-electron chi connectivity index (χ0n) is 11.9. The van der Waals surface area contributed by atoms with E-state index < -0.39 is 5.97 Å². The fraction of sp³-hybridized carbons (Fsp3) is 0.312. The first kappa shape index (κ1) is 13.4. The highest BCUT2D eigenvalue weighted by molar-refractivity contribution is 5.97. The van der Waals surface area contributed by atoms with Crippen LogP contribution >= 0.6 is 0 Å². The summed E-state index contributed by atoms with van der Waals surface area (Å²) in [5.41, 5.74) is 4.34. The summed E-state index contributed by atoms with van der Waals surface area (Å²) in [7, 11) is 0. The Morgan fingerprint density at radius 3 is 2.76 bits per heavy atom. The second-order valence-corrected chi connectivity index (χ2v) is 5.55. The number of fused-ring (bicyclic) bond motifs is 1. The molecule has 5 nitrogen and oxygen atoms in total. The minimum absolute atomic E-state index is 0.356. The number of carboxylic acids is 1.